The number of furan rings is 1. The Morgan fingerprint density at radius 2 is 2.00 bits per heavy atom. The molecule has 26 heavy (non-hydrogen) atoms. The monoisotopic (exact) mass is 349 g/mol. The third-order valence-electron chi connectivity index (χ3n) is 4.88. The van der Waals surface area contributed by atoms with Gasteiger partial charge >= 0.3 is 0 Å². The molecule has 1 aliphatic rings. The van der Waals surface area contributed by atoms with E-state index in [-0.39, 0.29) is 5.91 Å². The molecule has 1 fully saturated rings. The first-order chi connectivity index (χ1) is 12.8. The molecule has 2 aromatic heterocycles. The van der Waals surface area contributed by atoms with Gasteiger partial charge in [0, 0.05) is 44.0 Å². The van der Waals surface area contributed by atoms with Crippen LogP contribution in [-0.4, -0.2) is 46.9 Å². The Morgan fingerprint density at radius 3 is 2.85 bits per heavy atom. The maximum atomic E-state index is 12.6. The van der Waals surface area contributed by atoms with E-state index < -0.39 is 0 Å². The van der Waals surface area contributed by atoms with E-state index in [1.165, 1.54) is 0 Å². The number of para-hydroxylation sites is 1. The van der Waals surface area contributed by atoms with Gasteiger partial charge < -0.3 is 9.32 Å². The third kappa shape index (κ3) is 3.94. The van der Waals surface area contributed by atoms with Crippen molar-refractivity contribution >= 4 is 16.9 Å². The molecule has 0 unspecified atom stereocenters. The zero-order chi connectivity index (χ0) is 17.8. The zero-order valence-corrected chi connectivity index (χ0v) is 14.8. The van der Waals surface area contributed by atoms with Gasteiger partial charge in [0.2, 0.25) is 5.91 Å². The lowest BCUT2D eigenvalue weighted by Gasteiger charge is -2.21. The third-order valence-corrected chi connectivity index (χ3v) is 4.88. The van der Waals surface area contributed by atoms with Crippen molar-refractivity contribution in [3.8, 4) is 0 Å². The molecule has 0 radical (unpaired) electrons. The summed E-state index contributed by atoms with van der Waals surface area (Å²) in [6.07, 6.45) is 4.91. The predicted octanol–water partition coefficient (Wildman–Crippen LogP) is 3.10. The van der Waals surface area contributed by atoms with E-state index >= 15 is 0 Å². The van der Waals surface area contributed by atoms with Gasteiger partial charge in [-0.2, -0.15) is 0 Å². The summed E-state index contributed by atoms with van der Waals surface area (Å²) in [7, 11) is 0. The number of carbonyl (C=O) groups excluding carboxylic acids is 1. The Labute approximate surface area is 153 Å². The number of aromatic nitrogens is 1. The number of hydrogen-bond acceptors (Lipinski definition) is 4. The van der Waals surface area contributed by atoms with E-state index in [1.54, 1.807) is 12.4 Å². The van der Waals surface area contributed by atoms with Gasteiger partial charge in [-0.1, -0.05) is 24.3 Å². The van der Waals surface area contributed by atoms with Crippen molar-refractivity contribution in [3.05, 3.63) is 66.2 Å². The molecule has 0 saturated carbocycles. The number of nitrogens with zero attached hydrogens (tertiary/aromatic N) is 3. The number of benzene rings is 1. The molecule has 0 bridgehead atoms. The lowest BCUT2D eigenvalue weighted by atomic mass is 10.2. The van der Waals surface area contributed by atoms with Gasteiger partial charge in [-0.3, -0.25) is 14.7 Å². The first kappa shape index (κ1) is 16.8. The summed E-state index contributed by atoms with van der Waals surface area (Å²) in [6.45, 7) is 4.22. The average Bonchev–Trinajstić information content (AvgIpc) is 2.92. The summed E-state index contributed by atoms with van der Waals surface area (Å²) in [5.41, 5.74) is 1.91. The van der Waals surface area contributed by atoms with Crippen LogP contribution in [0.5, 0.6) is 0 Å². The van der Waals surface area contributed by atoms with Gasteiger partial charge in [-0.25, -0.2) is 0 Å². The normalized spacial score (nSPS) is 15.9. The number of carbonyl (C=O) groups is 1. The first-order valence-corrected chi connectivity index (χ1v) is 9.14. The fourth-order valence-electron chi connectivity index (χ4n) is 3.50. The molecule has 1 amide bonds. The van der Waals surface area contributed by atoms with Crippen LogP contribution >= 0.6 is 0 Å². The predicted molar refractivity (Wildman–Crippen MR) is 101 cm³/mol. The van der Waals surface area contributed by atoms with Crippen molar-refractivity contribution in [2.45, 2.75) is 19.4 Å². The van der Waals surface area contributed by atoms with Crippen LogP contribution < -0.4 is 0 Å². The van der Waals surface area contributed by atoms with Crippen molar-refractivity contribution in [2.24, 2.45) is 0 Å². The molecule has 1 saturated heterocycles. The first-order valence-electron chi connectivity index (χ1n) is 9.14. The van der Waals surface area contributed by atoms with Crippen LogP contribution in [0, 0.1) is 0 Å². The smallest absolute Gasteiger partial charge is 0.227 e. The van der Waals surface area contributed by atoms with Crippen LogP contribution in [0.4, 0.5) is 0 Å². The molecule has 0 atom stereocenters. The van der Waals surface area contributed by atoms with Crippen molar-refractivity contribution < 1.29 is 9.21 Å². The summed E-state index contributed by atoms with van der Waals surface area (Å²) < 4.78 is 5.94. The molecule has 0 N–H and O–H groups in total. The molecular weight excluding hydrogens is 326 g/mol. The molecule has 5 heteroatoms. The van der Waals surface area contributed by atoms with Gasteiger partial charge in [-0.15, -0.1) is 0 Å². The maximum absolute atomic E-state index is 12.6. The minimum absolute atomic E-state index is 0.184. The van der Waals surface area contributed by atoms with E-state index in [0.717, 1.165) is 61.4 Å². The van der Waals surface area contributed by atoms with Crippen LogP contribution in [0.3, 0.4) is 0 Å². The number of hydrogen-bond donors (Lipinski definition) is 0. The second-order valence-corrected chi connectivity index (χ2v) is 6.80. The van der Waals surface area contributed by atoms with Crippen molar-refractivity contribution in [1.82, 2.24) is 14.8 Å². The Bertz CT molecular complexity index is 842. The molecule has 1 aliphatic heterocycles. The van der Waals surface area contributed by atoms with E-state index in [9.17, 15) is 4.79 Å². The standard InChI is InChI=1S/C21H23N3O2/c25-21(13-17-5-3-8-22-15-17)24-10-4-9-23(11-12-24)16-19-14-18-6-1-2-7-20(18)26-19/h1-3,5-8,14-15H,4,9-13,16H2. The Kier molecular flexibility index (Phi) is 4.97. The van der Waals surface area contributed by atoms with E-state index in [4.69, 9.17) is 4.42 Å². The summed E-state index contributed by atoms with van der Waals surface area (Å²) >= 11 is 0. The molecule has 134 valence electrons. The summed E-state index contributed by atoms with van der Waals surface area (Å²) in [4.78, 5) is 21.0. The topological polar surface area (TPSA) is 49.6 Å². The van der Waals surface area contributed by atoms with Gasteiger partial charge in [0.05, 0.1) is 13.0 Å². The second-order valence-electron chi connectivity index (χ2n) is 6.80. The second kappa shape index (κ2) is 7.70. The highest BCUT2D eigenvalue weighted by Crippen LogP contribution is 2.20. The van der Waals surface area contributed by atoms with Crippen LogP contribution in [0.1, 0.15) is 17.7 Å². The quantitative estimate of drug-likeness (QED) is 0.726. The molecule has 3 heterocycles. The highest BCUT2D eigenvalue weighted by molar-refractivity contribution is 5.79. The minimum atomic E-state index is 0.184. The minimum Gasteiger partial charge on any atom is -0.460 e. The molecule has 5 nitrogen and oxygen atoms in total. The lowest BCUT2D eigenvalue weighted by Crippen LogP contribution is -2.36. The average molecular weight is 349 g/mol. The van der Waals surface area contributed by atoms with Crippen LogP contribution in [-0.2, 0) is 17.8 Å². The van der Waals surface area contributed by atoms with Gasteiger partial charge in [0.25, 0.3) is 0 Å². The van der Waals surface area contributed by atoms with Crippen molar-refractivity contribution in [1.29, 1.82) is 0 Å². The van der Waals surface area contributed by atoms with E-state index in [2.05, 4.69) is 22.0 Å². The molecular formula is C21H23N3O2. The number of rotatable bonds is 4. The number of pyridine rings is 1. The van der Waals surface area contributed by atoms with Gasteiger partial charge in [-0.05, 0) is 30.2 Å². The zero-order valence-electron chi connectivity index (χ0n) is 14.8. The Balaban J connectivity index is 1.34. The highest BCUT2D eigenvalue weighted by atomic mass is 16.3. The van der Waals surface area contributed by atoms with Crippen LogP contribution in [0.25, 0.3) is 11.0 Å². The fourth-order valence-corrected chi connectivity index (χ4v) is 3.50. The fraction of sp³-hybridized carbons (Fsp3) is 0.333. The van der Waals surface area contributed by atoms with Gasteiger partial charge in [0.15, 0.2) is 0 Å². The van der Waals surface area contributed by atoms with Crippen LogP contribution in [0.2, 0.25) is 0 Å². The maximum Gasteiger partial charge on any atom is 0.227 e. The molecule has 0 spiro atoms. The SMILES string of the molecule is O=C(Cc1cccnc1)N1CCCN(Cc2cc3ccccc3o2)CC1. The van der Waals surface area contributed by atoms with E-state index in [0.29, 0.717) is 6.42 Å². The molecule has 4 rings (SSSR count). The van der Waals surface area contributed by atoms with E-state index in [1.807, 2.05) is 35.2 Å². The largest absolute Gasteiger partial charge is 0.460 e. The Hall–Kier alpha value is -2.66. The van der Waals surface area contributed by atoms with Crippen LogP contribution in [0.15, 0.2) is 59.3 Å². The molecule has 0 aliphatic carbocycles. The summed E-state index contributed by atoms with van der Waals surface area (Å²) in [5, 5.41) is 1.14. The highest BCUT2D eigenvalue weighted by Gasteiger charge is 2.20. The molecule has 1 aromatic carbocycles. The van der Waals surface area contributed by atoms with Crippen molar-refractivity contribution in [2.75, 3.05) is 26.2 Å². The summed E-state index contributed by atoms with van der Waals surface area (Å²) in [5.74, 6) is 1.17. The lowest BCUT2D eigenvalue weighted by molar-refractivity contribution is -0.130. The van der Waals surface area contributed by atoms with Gasteiger partial charge in [0.1, 0.15) is 11.3 Å². The number of amides is 1. The van der Waals surface area contributed by atoms with Crippen molar-refractivity contribution in [3.63, 3.8) is 0 Å². The molecule has 3 aromatic rings. The Morgan fingerprint density at radius 1 is 1.08 bits per heavy atom. The number of fused-ring (bicyclic) bond motifs is 1. The summed E-state index contributed by atoms with van der Waals surface area (Å²) in [6, 6.07) is 14.0.